The van der Waals surface area contributed by atoms with Gasteiger partial charge in [-0.25, -0.2) is 0 Å². The monoisotopic (exact) mass is 257 g/mol. The highest BCUT2D eigenvalue weighted by Gasteiger charge is 2.19. The van der Waals surface area contributed by atoms with Crippen LogP contribution >= 0.6 is 0 Å². The van der Waals surface area contributed by atoms with E-state index in [1.54, 1.807) is 6.92 Å². The van der Waals surface area contributed by atoms with Crippen LogP contribution in [0.5, 0.6) is 0 Å². The second-order valence-corrected chi connectivity index (χ2v) is 5.70. The fourth-order valence-corrected chi connectivity index (χ4v) is 2.39. The molecule has 1 aromatic rings. The topological polar surface area (TPSA) is 39.0 Å². The minimum absolute atomic E-state index is 0.229. The molecule has 1 saturated heterocycles. The summed E-state index contributed by atoms with van der Waals surface area (Å²) >= 11 is 0. The predicted octanol–water partition coefficient (Wildman–Crippen LogP) is 3.34. The molecule has 0 spiro atoms. The lowest BCUT2D eigenvalue weighted by atomic mass is 9.92. The highest BCUT2D eigenvalue weighted by atomic mass is 16.1. The zero-order valence-corrected chi connectivity index (χ0v) is 12.3. The predicted molar refractivity (Wildman–Crippen MR) is 80.3 cm³/mol. The maximum Gasteiger partial charge on any atom is 0.134 e. The van der Waals surface area contributed by atoms with E-state index in [0.29, 0.717) is 12.5 Å². The summed E-state index contributed by atoms with van der Waals surface area (Å²) in [7, 11) is 0. The Balaban J connectivity index is 2.33. The molecule has 1 aliphatic rings. The third kappa shape index (κ3) is 3.77. The fraction of sp³-hybridized carbons (Fsp3) is 0.471. The van der Waals surface area contributed by atoms with Crippen molar-refractivity contribution in [3.8, 4) is 0 Å². The van der Waals surface area contributed by atoms with Gasteiger partial charge in [-0.3, -0.25) is 4.79 Å². The van der Waals surface area contributed by atoms with Gasteiger partial charge in [0.25, 0.3) is 0 Å². The normalized spacial score (nSPS) is 18.5. The van der Waals surface area contributed by atoms with Gasteiger partial charge in [0.1, 0.15) is 5.78 Å². The second-order valence-electron chi connectivity index (χ2n) is 5.70. The van der Waals surface area contributed by atoms with E-state index in [1.807, 2.05) is 0 Å². The SMILES string of the molecule is CC(=O)C/C(=C/CC1CN1)c1cc(C)c(C)cc1C. The van der Waals surface area contributed by atoms with Gasteiger partial charge < -0.3 is 5.32 Å². The summed E-state index contributed by atoms with van der Waals surface area (Å²) in [5, 5.41) is 3.30. The van der Waals surface area contributed by atoms with Crippen LogP contribution in [0, 0.1) is 20.8 Å². The summed E-state index contributed by atoms with van der Waals surface area (Å²) in [4.78, 5) is 11.5. The van der Waals surface area contributed by atoms with Crippen molar-refractivity contribution in [2.45, 2.75) is 46.6 Å². The smallest absolute Gasteiger partial charge is 0.134 e. The Morgan fingerprint density at radius 1 is 1.26 bits per heavy atom. The Labute approximate surface area is 115 Å². The van der Waals surface area contributed by atoms with Crippen molar-refractivity contribution in [1.29, 1.82) is 0 Å². The molecule has 1 atom stereocenters. The van der Waals surface area contributed by atoms with Crippen molar-refractivity contribution >= 4 is 11.4 Å². The third-order valence-electron chi connectivity index (χ3n) is 3.77. The first kappa shape index (κ1) is 14.0. The first-order valence-corrected chi connectivity index (χ1v) is 6.97. The molecular formula is C17H23NO. The molecule has 1 unspecified atom stereocenters. The molecule has 0 amide bonds. The Hall–Kier alpha value is -1.41. The standard InChI is InChI=1S/C17H23NO/c1-11-7-13(3)17(8-12(11)2)15(9-14(4)19)5-6-16-10-18-16/h5,7-8,16,18H,6,9-10H2,1-4H3/b15-5-. The van der Waals surface area contributed by atoms with Crippen LogP contribution in [0.15, 0.2) is 18.2 Å². The van der Waals surface area contributed by atoms with Crippen LogP contribution < -0.4 is 5.32 Å². The van der Waals surface area contributed by atoms with Gasteiger partial charge in [0.05, 0.1) is 0 Å². The van der Waals surface area contributed by atoms with E-state index in [9.17, 15) is 4.79 Å². The van der Waals surface area contributed by atoms with Crippen molar-refractivity contribution in [2.24, 2.45) is 0 Å². The minimum atomic E-state index is 0.229. The number of Topliss-reactive ketones (excluding diaryl/α,β-unsaturated/α-hetero) is 1. The van der Waals surface area contributed by atoms with Crippen molar-refractivity contribution in [2.75, 3.05) is 6.54 Å². The average Bonchev–Trinajstić information content (AvgIpc) is 3.13. The molecule has 2 rings (SSSR count). The van der Waals surface area contributed by atoms with Crippen LogP contribution in [-0.4, -0.2) is 18.4 Å². The molecule has 0 aromatic heterocycles. The van der Waals surface area contributed by atoms with Gasteiger partial charge in [-0.2, -0.15) is 0 Å². The molecule has 0 saturated carbocycles. The maximum atomic E-state index is 11.5. The number of carbonyl (C=O) groups is 1. The molecule has 2 nitrogen and oxygen atoms in total. The van der Waals surface area contributed by atoms with Crippen molar-refractivity contribution in [3.63, 3.8) is 0 Å². The zero-order chi connectivity index (χ0) is 14.0. The van der Waals surface area contributed by atoms with Crippen LogP contribution in [0.4, 0.5) is 0 Å². The number of ketones is 1. The molecule has 2 heteroatoms. The molecular weight excluding hydrogens is 234 g/mol. The third-order valence-corrected chi connectivity index (χ3v) is 3.77. The summed E-state index contributed by atoms with van der Waals surface area (Å²) < 4.78 is 0. The van der Waals surface area contributed by atoms with Gasteiger partial charge in [0, 0.05) is 19.0 Å². The van der Waals surface area contributed by atoms with Crippen LogP contribution in [0.25, 0.3) is 5.57 Å². The van der Waals surface area contributed by atoms with Crippen LogP contribution in [0.2, 0.25) is 0 Å². The summed E-state index contributed by atoms with van der Waals surface area (Å²) in [6.45, 7) is 9.17. The molecule has 1 aromatic carbocycles. The van der Waals surface area contributed by atoms with Crippen LogP contribution in [0.3, 0.4) is 0 Å². The van der Waals surface area contributed by atoms with E-state index in [4.69, 9.17) is 0 Å². The molecule has 0 bridgehead atoms. The molecule has 0 aliphatic carbocycles. The van der Waals surface area contributed by atoms with E-state index >= 15 is 0 Å². The van der Waals surface area contributed by atoms with E-state index in [2.05, 4.69) is 44.3 Å². The Bertz CT molecular complexity index is 524. The lowest BCUT2D eigenvalue weighted by molar-refractivity contribution is -0.116. The number of rotatable bonds is 5. The largest absolute Gasteiger partial charge is 0.311 e. The number of aryl methyl sites for hydroxylation is 3. The highest BCUT2D eigenvalue weighted by molar-refractivity contribution is 5.89. The Morgan fingerprint density at radius 2 is 1.89 bits per heavy atom. The van der Waals surface area contributed by atoms with Crippen LogP contribution in [-0.2, 0) is 4.79 Å². The average molecular weight is 257 g/mol. The number of hydrogen-bond donors (Lipinski definition) is 1. The van der Waals surface area contributed by atoms with E-state index < -0.39 is 0 Å². The lowest BCUT2D eigenvalue weighted by Crippen LogP contribution is -1.99. The number of benzene rings is 1. The fourth-order valence-electron chi connectivity index (χ4n) is 2.39. The first-order valence-electron chi connectivity index (χ1n) is 6.97. The van der Waals surface area contributed by atoms with Crippen molar-refractivity contribution < 1.29 is 4.79 Å². The van der Waals surface area contributed by atoms with Gasteiger partial charge in [0.2, 0.25) is 0 Å². The van der Waals surface area contributed by atoms with E-state index in [0.717, 1.165) is 13.0 Å². The summed E-state index contributed by atoms with van der Waals surface area (Å²) in [5.41, 5.74) is 6.28. The second kappa shape index (κ2) is 5.70. The molecule has 19 heavy (non-hydrogen) atoms. The first-order chi connectivity index (χ1) is 8.97. The number of nitrogens with one attached hydrogen (secondary N) is 1. The van der Waals surface area contributed by atoms with E-state index in [1.165, 1.54) is 27.8 Å². The van der Waals surface area contributed by atoms with Gasteiger partial charge in [-0.1, -0.05) is 18.2 Å². The Morgan fingerprint density at radius 3 is 2.47 bits per heavy atom. The number of hydrogen-bond acceptors (Lipinski definition) is 2. The highest BCUT2D eigenvalue weighted by Crippen LogP contribution is 2.26. The maximum absolute atomic E-state index is 11.5. The summed E-state index contributed by atoms with van der Waals surface area (Å²) in [6, 6.07) is 5.06. The van der Waals surface area contributed by atoms with Crippen molar-refractivity contribution in [3.05, 3.63) is 40.5 Å². The van der Waals surface area contributed by atoms with Gasteiger partial charge in [-0.15, -0.1) is 0 Å². The number of allylic oxidation sites excluding steroid dienone is 1. The van der Waals surface area contributed by atoms with Crippen molar-refractivity contribution in [1.82, 2.24) is 5.32 Å². The van der Waals surface area contributed by atoms with E-state index in [-0.39, 0.29) is 5.78 Å². The van der Waals surface area contributed by atoms with Gasteiger partial charge in [0.15, 0.2) is 0 Å². The molecule has 0 radical (unpaired) electrons. The quantitative estimate of drug-likeness (QED) is 0.822. The molecule has 102 valence electrons. The Kier molecular flexibility index (Phi) is 4.20. The molecule has 1 fully saturated rings. The van der Waals surface area contributed by atoms with Gasteiger partial charge >= 0.3 is 0 Å². The number of carbonyl (C=O) groups excluding carboxylic acids is 1. The summed E-state index contributed by atoms with van der Waals surface area (Å²) in [5.74, 6) is 0.229. The van der Waals surface area contributed by atoms with Gasteiger partial charge in [-0.05, 0) is 61.9 Å². The molecule has 1 N–H and O–H groups in total. The zero-order valence-electron chi connectivity index (χ0n) is 12.3. The minimum Gasteiger partial charge on any atom is -0.311 e. The summed E-state index contributed by atoms with van der Waals surface area (Å²) in [6.07, 6.45) is 3.80. The molecule has 1 heterocycles. The molecule has 1 aliphatic heterocycles. The van der Waals surface area contributed by atoms with Crippen LogP contribution in [0.1, 0.15) is 42.0 Å². The lowest BCUT2D eigenvalue weighted by Gasteiger charge is -2.13.